The van der Waals surface area contributed by atoms with Gasteiger partial charge in [0.25, 0.3) is 5.91 Å². The van der Waals surface area contributed by atoms with Gasteiger partial charge < -0.3 is 5.32 Å². The van der Waals surface area contributed by atoms with Crippen molar-refractivity contribution in [3.05, 3.63) is 71.6 Å². The second-order valence-electron chi connectivity index (χ2n) is 6.62. The van der Waals surface area contributed by atoms with Crippen molar-refractivity contribution in [2.75, 3.05) is 5.32 Å². The van der Waals surface area contributed by atoms with Gasteiger partial charge in [0.15, 0.2) is 5.11 Å². The fourth-order valence-electron chi connectivity index (χ4n) is 2.41. The molecule has 154 valence electrons. The standard InChI is InChI=1S/C21H19FN4O3S/c22-16-8-1-13(2-9-16)3-12-18(27)24-21(30)26-25-20(29)15-6-10-17(11-7-15)23-19(28)14-4-5-14/h1-3,6-12,14H,4-5H2,(H,23,28)(H,25,29)(H2,24,26,27,30). The van der Waals surface area contributed by atoms with Crippen LogP contribution in [0.3, 0.4) is 0 Å². The molecule has 4 N–H and O–H groups in total. The molecule has 0 atom stereocenters. The molecule has 0 bridgehead atoms. The predicted octanol–water partition coefficient (Wildman–Crippen LogP) is 2.52. The highest BCUT2D eigenvalue weighted by atomic mass is 32.1. The molecule has 1 saturated carbocycles. The van der Waals surface area contributed by atoms with Crippen LogP contribution in [-0.4, -0.2) is 22.8 Å². The van der Waals surface area contributed by atoms with Gasteiger partial charge in [-0.1, -0.05) is 12.1 Å². The summed E-state index contributed by atoms with van der Waals surface area (Å²) >= 11 is 4.96. The van der Waals surface area contributed by atoms with Crippen molar-refractivity contribution < 1.29 is 18.8 Å². The Kier molecular flexibility index (Phi) is 6.87. The van der Waals surface area contributed by atoms with Crippen LogP contribution in [0.1, 0.15) is 28.8 Å². The molecule has 0 aromatic heterocycles. The van der Waals surface area contributed by atoms with E-state index in [1.165, 1.54) is 36.4 Å². The van der Waals surface area contributed by atoms with Crippen LogP contribution in [0.25, 0.3) is 6.08 Å². The maximum absolute atomic E-state index is 12.9. The van der Waals surface area contributed by atoms with Crippen molar-refractivity contribution in [3.63, 3.8) is 0 Å². The molecule has 0 aliphatic heterocycles. The van der Waals surface area contributed by atoms with Gasteiger partial charge >= 0.3 is 0 Å². The van der Waals surface area contributed by atoms with E-state index in [4.69, 9.17) is 12.2 Å². The predicted molar refractivity (Wildman–Crippen MR) is 115 cm³/mol. The lowest BCUT2D eigenvalue weighted by molar-refractivity contribution is -0.117. The Hall–Kier alpha value is -3.59. The van der Waals surface area contributed by atoms with Gasteiger partial charge in [0.05, 0.1) is 0 Å². The lowest BCUT2D eigenvalue weighted by Crippen LogP contribution is -2.48. The maximum atomic E-state index is 12.9. The largest absolute Gasteiger partial charge is 0.326 e. The van der Waals surface area contributed by atoms with E-state index in [0.29, 0.717) is 16.8 Å². The van der Waals surface area contributed by atoms with Crippen LogP contribution in [0.15, 0.2) is 54.6 Å². The lowest BCUT2D eigenvalue weighted by atomic mass is 10.2. The van der Waals surface area contributed by atoms with E-state index in [2.05, 4.69) is 21.5 Å². The molecule has 0 heterocycles. The Morgan fingerprint density at radius 1 is 0.967 bits per heavy atom. The van der Waals surface area contributed by atoms with Gasteiger partial charge in [-0.05, 0) is 73.1 Å². The highest BCUT2D eigenvalue weighted by molar-refractivity contribution is 7.80. The van der Waals surface area contributed by atoms with Gasteiger partial charge in [0.2, 0.25) is 11.8 Å². The molecule has 1 aliphatic carbocycles. The Labute approximate surface area is 177 Å². The molecule has 1 aliphatic rings. The number of rotatable bonds is 5. The number of hydrogen-bond acceptors (Lipinski definition) is 4. The second-order valence-corrected chi connectivity index (χ2v) is 7.03. The summed E-state index contributed by atoms with van der Waals surface area (Å²) in [6.45, 7) is 0. The van der Waals surface area contributed by atoms with Gasteiger partial charge in [0.1, 0.15) is 5.82 Å². The summed E-state index contributed by atoms with van der Waals surface area (Å²) in [5.41, 5.74) is 6.42. The third kappa shape index (κ3) is 6.49. The van der Waals surface area contributed by atoms with Gasteiger partial charge in [-0.3, -0.25) is 30.6 Å². The first kappa shape index (κ1) is 21.1. The highest BCUT2D eigenvalue weighted by Gasteiger charge is 2.29. The zero-order chi connectivity index (χ0) is 21.5. The van der Waals surface area contributed by atoms with Crippen LogP contribution in [0.4, 0.5) is 10.1 Å². The third-order valence-electron chi connectivity index (χ3n) is 4.19. The number of anilines is 1. The topological polar surface area (TPSA) is 99.3 Å². The van der Waals surface area contributed by atoms with Crippen LogP contribution in [0.5, 0.6) is 0 Å². The number of nitrogens with one attached hydrogen (secondary N) is 4. The van der Waals surface area contributed by atoms with E-state index in [0.717, 1.165) is 12.8 Å². The summed E-state index contributed by atoms with van der Waals surface area (Å²) in [5, 5.41) is 5.07. The van der Waals surface area contributed by atoms with E-state index in [9.17, 15) is 18.8 Å². The average Bonchev–Trinajstić information content (AvgIpc) is 3.58. The molecule has 9 heteroatoms. The van der Waals surface area contributed by atoms with E-state index in [1.54, 1.807) is 24.3 Å². The SMILES string of the molecule is O=C(C=Cc1ccc(F)cc1)NC(=S)NNC(=O)c1ccc(NC(=O)C2CC2)cc1. The summed E-state index contributed by atoms with van der Waals surface area (Å²) in [7, 11) is 0. The summed E-state index contributed by atoms with van der Waals surface area (Å²) in [4.78, 5) is 35.7. The summed E-state index contributed by atoms with van der Waals surface area (Å²) < 4.78 is 12.9. The van der Waals surface area contributed by atoms with Crippen molar-refractivity contribution in [1.29, 1.82) is 0 Å². The van der Waals surface area contributed by atoms with Crippen LogP contribution >= 0.6 is 12.2 Å². The zero-order valence-electron chi connectivity index (χ0n) is 15.8. The van der Waals surface area contributed by atoms with Crippen LogP contribution < -0.4 is 21.5 Å². The first-order valence-electron chi connectivity index (χ1n) is 9.16. The molecule has 30 heavy (non-hydrogen) atoms. The van der Waals surface area contributed by atoms with Crippen molar-refractivity contribution in [2.24, 2.45) is 5.92 Å². The van der Waals surface area contributed by atoms with E-state index in [-0.39, 0.29) is 22.8 Å². The van der Waals surface area contributed by atoms with Crippen molar-refractivity contribution >= 4 is 46.8 Å². The minimum absolute atomic E-state index is 0.0107. The van der Waals surface area contributed by atoms with E-state index < -0.39 is 11.8 Å². The number of halogens is 1. The van der Waals surface area contributed by atoms with Gasteiger partial charge in [-0.2, -0.15) is 0 Å². The summed E-state index contributed by atoms with van der Waals surface area (Å²) in [6.07, 6.45) is 4.56. The molecule has 0 radical (unpaired) electrons. The summed E-state index contributed by atoms with van der Waals surface area (Å²) in [6, 6.07) is 12.0. The van der Waals surface area contributed by atoms with Crippen molar-refractivity contribution in [2.45, 2.75) is 12.8 Å². The number of carbonyl (C=O) groups excluding carboxylic acids is 3. The fourth-order valence-corrected chi connectivity index (χ4v) is 2.56. The maximum Gasteiger partial charge on any atom is 0.269 e. The smallest absolute Gasteiger partial charge is 0.269 e. The molecule has 2 aromatic carbocycles. The highest BCUT2D eigenvalue weighted by Crippen LogP contribution is 2.30. The molecular formula is C21H19FN4O3S. The molecule has 2 aromatic rings. The number of thiocarbonyl (C=S) groups is 1. The number of carbonyl (C=O) groups is 3. The Balaban J connectivity index is 1.42. The molecule has 3 rings (SSSR count). The third-order valence-corrected chi connectivity index (χ3v) is 4.39. The molecule has 0 unspecified atom stereocenters. The summed E-state index contributed by atoms with van der Waals surface area (Å²) in [5.74, 6) is -1.26. The Morgan fingerprint density at radius 3 is 2.27 bits per heavy atom. The number of hydrazine groups is 1. The monoisotopic (exact) mass is 426 g/mol. The minimum Gasteiger partial charge on any atom is -0.326 e. The van der Waals surface area contributed by atoms with Gasteiger partial charge in [-0.25, -0.2) is 4.39 Å². The van der Waals surface area contributed by atoms with Gasteiger partial charge in [0, 0.05) is 23.2 Å². The van der Waals surface area contributed by atoms with Gasteiger partial charge in [-0.15, -0.1) is 0 Å². The van der Waals surface area contributed by atoms with E-state index in [1.807, 2.05) is 0 Å². The quantitative estimate of drug-likeness (QED) is 0.335. The molecule has 1 fully saturated rings. The number of hydrogen-bond donors (Lipinski definition) is 4. The Bertz CT molecular complexity index is 986. The fraction of sp³-hybridized carbons (Fsp3) is 0.143. The average molecular weight is 426 g/mol. The minimum atomic E-state index is -0.512. The second kappa shape index (κ2) is 9.75. The first-order chi connectivity index (χ1) is 14.4. The lowest BCUT2D eigenvalue weighted by Gasteiger charge is -2.10. The van der Waals surface area contributed by atoms with Crippen LogP contribution in [-0.2, 0) is 9.59 Å². The molecule has 0 spiro atoms. The molecular weight excluding hydrogens is 407 g/mol. The van der Waals surface area contributed by atoms with Crippen molar-refractivity contribution in [3.8, 4) is 0 Å². The normalized spacial score (nSPS) is 12.8. The van der Waals surface area contributed by atoms with Crippen LogP contribution in [0.2, 0.25) is 0 Å². The zero-order valence-corrected chi connectivity index (χ0v) is 16.6. The van der Waals surface area contributed by atoms with Crippen LogP contribution in [0, 0.1) is 11.7 Å². The molecule has 3 amide bonds. The first-order valence-corrected chi connectivity index (χ1v) is 9.57. The number of amides is 3. The number of benzene rings is 2. The molecule has 0 saturated heterocycles. The van der Waals surface area contributed by atoms with Crippen molar-refractivity contribution in [1.82, 2.24) is 16.2 Å². The Morgan fingerprint density at radius 2 is 1.63 bits per heavy atom. The molecule has 7 nitrogen and oxygen atoms in total. The van der Waals surface area contributed by atoms with E-state index >= 15 is 0 Å².